The second kappa shape index (κ2) is 9.84. The number of methoxy groups -OCH3 is 1. The maximum absolute atomic E-state index is 14.2. The molecular weight excluding hydrogens is 505 g/mol. The molecule has 0 atom stereocenters. The van der Waals surface area contributed by atoms with Crippen LogP contribution >= 0.6 is 0 Å². The monoisotopic (exact) mass is 532 g/mol. The van der Waals surface area contributed by atoms with Gasteiger partial charge in [-0.1, -0.05) is 0 Å². The third-order valence-corrected chi connectivity index (χ3v) is 6.98. The molecule has 1 saturated heterocycles. The molecule has 2 aliphatic heterocycles. The average Bonchev–Trinajstić information content (AvgIpc) is 3.27. The Hall–Kier alpha value is -3.77. The summed E-state index contributed by atoms with van der Waals surface area (Å²) < 4.78 is 48.5. The SMILES string of the molecule is COc1cc(O)cc(-c2nn(-c3cc(N4CC(CO)C4)ccc3C(F)(F)F)c(=O)c3c2CCN3CCO)c1. The second-order valence-corrected chi connectivity index (χ2v) is 9.43. The van der Waals surface area contributed by atoms with Crippen molar-refractivity contribution in [2.45, 2.75) is 12.6 Å². The number of rotatable bonds is 7. The Kier molecular flexibility index (Phi) is 6.70. The standard InChI is InChI=1S/C26H27F3N4O5/c1-38-19-9-16(8-18(36)11-19)23-20-4-5-31(6-7-34)24(20)25(37)33(30-23)22-10-17(32-12-15(13-32)14-35)2-3-21(22)26(27,28)29/h2-3,8-11,15,34-36H,4-7,12-14H2,1H3. The number of anilines is 2. The number of halogens is 3. The number of fused-ring (bicyclic) bond motifs is 1. The molecule has 0 spiro atoms. The van der Waals surface area contributed by atoms with Crippen LogP contribution in [0, 0.1) is 5.92 Å². The van der Waals surface area contributed by atoms with Gasteiger partial charge < -0.3 is 29.9 Å². The Morgan fingerprint density at radius 3 is 2.55 bits per heavy atom. The van der Waals surface area contributed by atoms with Gasteiger partial charge in [-0.3, -0.25) is 4.79 Å². The fourth-order valence-electron chi connectivity index (χ4n) is 5.07. The van der Waals surface area contributed by atoms with Crippen molar-refractivity contribution in [3.63, 3.8) is 0 Å². The number of β-amino-alcohol motifs (C(OH)–C–C–N with tert-alkyl or cyclic N) is 1. The van der Waals surface area contributed by atoms with Crippen molar-refractivity contribution >= 4 is 11.4 Å². The topological polar surface area (TPSA) is 111 Å². The number of hydrogen-bond acceptors (Lipinski definition) is 8. The largest absolute Gasteiger partial charge is 0.508 e. The highest BCUT2D eigenvalue weighted by Crippen LogP contribution is 2.39. The van der Waals surface area contributed by atoms with E-state index in [4.69, 9.17) is 4.74 Å². The van der Waals surface area contributed by atoms with E-state index in [0.29, 0.717) is 48.6 Å². The summed E-state index contributed by atoms with van der Waals surface area (Å²) in [5, 5.41) is 33.6. The summed E-state index contributed by atoms with van der Waals surface area (Å²) in [6, 6.07) is 7.94. The van der Waals surface area contributed by atoms with E-state index in [2.05, 4.69) is 5.10 Å². The minimum Gasteiger partial charge on any atom is -0.508 e. The van der Waals surface area contributed by atoms with Crippen LogP contribution in [0.25, 0.3) is 16.9 Å². The zero-order valence-electron chi connectivity index (χ0n) is 20.6. The van der Waals surface area contributed by atoms with Crippen LogP contribution in [0.4, 0.5) is 24.5 Å². The summed E-state index contributed by atoms with van der Waals surface area (Å²) in [4.78, 5) is 17.2. The molecule has 0 unspecified atom stereocenters. The van der Waals surface area contributed by atoms with Gasteiger partial charge in [0.25, 0.3) is 5.56 Å². The molecule has 0 radical (unpaired) electrons. The van der Waals surface area contributed by atoms with Crippen LogP contribution in [0.15, 0.2) is 41.2 Å². The molecule has 3 N–H and O–H groups in total. The number of phenolic OH excluding ortho intramolecular Hbond substituents is 1. The molecule has 1 fully saturated rings. The van der Waals surface area contributed by atoms with Gasteiger partial charge >= 0.3 is 6.18 Å². The lowest BCUT2D eigenvalue weighted by Crippen LogP contribution is -2.48. The fourth-order valence-corrected chi connectivity index (χ4v) is 5.07. The van der Waals surface area contributed by atoms with E-state index in [0.717, 1.165) is 10.7 Å². The molecule has 202 valence electrons. The van der Waals surface area contributed by atoms with Crippen LogP contribution in [-0.2, 0) is 12.6 Å². The number of ether oxygens (including phenoxy) is 1. The molecule has 0 bridgehead atoms. The number of aromatic nitrogens is 2. The summed E-state index contributed by atoms with van der Waals surface area (Å²) in [6.45, 7) is 1.19. The number of aliphatic hydroxyl groups excluding tert-OH is 2. The molecule has 0 aliphatic carbocycles. The van der Waals surface area contributed by atoms with Gasteiger partial charge in [-0.2, -0.15) is 23.0 Å². The van der Waals surface area contributed by atoms with Crippen molar-refractivity contribution in [3.05, 3.63) is 57.9 Å². The number of benzene rings is 2. The molecule has 2 aliphatic rings. The number of hydrogen-bond donors (Lipinski definition) is 3. The summed E-state index contributed by atoms with van der Waals surface area (Å²) in [5.74, 6) is 0.209. The normalized spacial score (nSPS) is 15.5. The number of aromatic hydroxyl groups is 1. The van der Waals surface area contributed by atoms with Crippen molar-refractivity contribution in [1.82, 2.24) is 9.78 Å². The molecule has 3 aromatic rings. The highest BCUT2D eigenvalue weighted by atomic mass is 19.4. The first-order chi connectivity index (χ1) is 18.1. The zero-order chi connectivity index (χ0) is 27.2. The van der Waals surface area contributed by atoms with Crippen molar-refractivity contribution in [1.29, 1.82) is 0 Å². The van der Waals surface area contributed by atoms with Crippen LogP contribution in [0.3, 0.4) is 0 Å². The first-order valence-electron chi connectivity index (χ1n) is 12.1. The molecule has 1 aromatic heterocycles. The Balaban J connectivity index is 1.76. The first kappa shape index (κ1) is 25.9. The Labute approximate surface area is 215 Å². The van der Waals surface area contributed by atoms with Gasteiger partial charge in [0.2, 0.25) is 0 Å². The highest BCUT2D eigenvalue weighted by Gasteiger charge is 2.37. The van der Waals surface area contributed by atoms with E-state index in [1.165, 1.54) is 31.4 Å². The summed E-state index contributed by atoms with van der Waals surface area (Å²) >= 11 is 0. The van der Waals surface area contributed by atoms with E-state index in [-0.39, 0.29) is 42.8 Å². The zero-order valence-corrected chi connectivity index (χ0v) is 20.6. The van der Waals surface area contributed by atoms with Crippen LogP contribution in [0.1, 0.15) is 11.1 Å². The van der Waals surface area contributed by atoms with Gasteiger partial charge in [-0.15, -0.1) is 0 Å². The molecule has 3 heterocycles. The van der Waals surface area contributed by atoms with Crippen molar-refractivity contribution in [2.24, 2.45) is 5.92 Å². The van der Waals surface area contributed by atoms with Gasteiger partial charge in [-0.05, 0) is 36.8 Å². The molecule has 5 rings (SSSR count). The second-order valence-electron chi connectivity index (χ2n) is 9.43. The molecule has 12 heteroatoms. The van der Waals surface area contributed by atoms with E-state index in [1.807, 2.05) is 4.90 Å². The number of alkyl halides is 3. The third kappa shape index (κ3) is 4.54. The summed E-state index contributed by atoms with van der Waals surface area (Å²) in [7, 11) is 1.42. The molecule has 38 heavy (non-hydrogen) atoms. The lowest BCUT2D eigenvalue weighted by molar-refractivity contribution is -0.137. The van der Waals surface area contributed by atoms with Crippen LogP contribution in [0.5, 0.6) is 11.5 Å². The predicted molar refractivity (Wildman–Crippen MR) is 134 cm³/mol. The molecule has 9 nitrogen and oxygen atoms in total. The van der Waals surface area contributed by atoms with Gasteiger partial charge in [0.15, 0.2) is 0 Å². The quantitative estimate of drug-likeness (QED) is 0.426. The molecular formula is C26H27F3N4O5. The maximum Gasteiger partial charge on any atom is 0.418 e. The smallest absolute Gasteiger partial charge is 0.418 e. The lowest BCUT2D eigenvalue weighted by Gasteiger charge is -2.40. The number of aliphatic hydroxyl groups is 2. The average molecular weight is 533 g/mol. The minimum atomic E-state index is -4.77. The van der Waals surface area contributed by atoms with Gasteiger partial charge in [0, 0.05) is 61.6 Å². The Bertz CT molecular complexity index is 1420. The molecule has 0 saturated carbocycles. The van der Waals surface area contributed by atoms with Crippen molar-refractivity contribution in [3.8, 4) is 28.4 Å². The van der Waals surface area contributed by atoms with E-state index in [9.17, 15) is 33.3 Å². The van der Waals surface area contributed by atoms with Gasteiger partial charge in [-0.25, -0.2) is 0 Å². The first-order valence-corrected chi connectivity index (χ1v) is 12.1. The van der Waals surface area contributed by atoms with Gasteiger partial charge in [0.05, 0.1) is 30.7 Å². The van der Waals surface area contributed by atoms with Crippen molar-refractivity contribution in [2.75, 3.05) is 56.3 Å². The molecule has 0 amide bonds. The van der Waals surface area contributed by atoms with Crippen LogP contribution in [0.2, 0.25) is 0 Å². The summed E-state index contributed by atoms with van der Waals surface area (Å²) in [6.07, 6.45) is -4.38. The number of nitrogens with zero attached hydrogens (tertiary/aromatic N) is 4. The number of phenols is 1. The fraction of sp³-hybridized carbons (Fsp3) is 0.385. The van der Waals surface area contributed by atoms with Gasteiger partial charge in [0.1, 0.15) is 17.2 Å². The highest BCUT2D eigenvalue weighted by molar-refractivity contribution is 5.75. The van der Waals surface area contributed by atoms with Crippen LogP contribution < -0.4 is 20.1 Å². The predicted octanol–water partition coefficient (Wildman–Crippen LogP) is 2.42. The van der Waals surface area contributed by atoms with Crippen LogP contribution in [-0.4, -0.2) is 71.6 Å². The Morgan fingerprint density at radius 1 is 1.13 bits per heavy atom. The van der Waals surface area contributed by atoms with Crippen molar-refractivity contribution < 1.29 is 33.2 Å². The maximum atomic E-state index is 14.2. The summed E-state index contributed by atoms with van der Waals surface area (Å²) in [5.41, 5.74) is -0.436. The van der Waals surface area contributed by atoms with E-state index < -0.39 is 23.0 Å². The lowest BCUT2D eigenvalue weighted by atomic mass is 9.99. The Morgan fingerprint density at radius 2 is 1.89 bits per heavy atom. The molecule has 2 aromatic carbocycles. The van der Waals surface area contributed by atoms with E-state index >= 15 is 0 Å². The minimum absolute atomic E-state index is 0.0206. The van der Waals surface area contributed by atoms with E-state index in [1.54, 1.807) is 11.0 Å². The third-order valence-electron chi connectivity index (χ3n) is 6.98.